The van der Waals surface area contributed by atoms with Gasteiger partial charge in [-0.3, -0.25) is 9.59 Å². The van der Waals surface area contributed by atoms with E-state index in [0.29, 0.717) is 19.5 Å². The molecule has 2 aliphatic rings. The van der Waals surface area contributed by atoms with E-state index in [1.807, 2.05) is 13.8 Å². The second-order valence-corrected chi connectivity index (χ2v) is 8.04. The Balaban J connectivity index is 2.12. The Morgan fingerprint density at radius 3 is 2.23 bits per heavy atom. The molecule has 10 nitrogen and oxygen atoms in total. The Labute approximate surface area is 152 Å². The van der Waals surface area contributed by atoms with Crippen molar-refractivity contribution < 1.29 is 36.3 Å². The molecule has 0 saturated carbocycles. The lowest BCUT2D eigenvalue weighted by molar-refractivity contribution is -0.314. The number of rotatable bonds is 6. The maximum Gasteiger partial charge on any atom is 0.401 e. The van der Waals surface area contributed by atoms with Crippen LogP contribution in [0.1, 0.15) is 39.5 Å². The monoisotopic (exact) mass is 391 g/mol. The number of hydrogen-bond donors (Lipinski definition) is 1. The molecule has 0 spiro atoms. The van der Waals surface area contributed by atoms with Crippen molar-refractivity contribution >= 4 is 28.2 Å². The summed E-state index contributed by atoms with van der Waals surface area (Å²) in [5.41, 5.74) is 0. The number of amides is 2. The van der Waals surface area contributed by atoms with Crippen LogP contribution in [-0.2, 0) is 33.1 Å². The van der Waals surface area contributed by atoms with Gasteiger partial charge < -0.3 is 20.1 Å². The van der Waals surface area contributed by atoms with Gasteiger partial charge >= 0.3 is 10.4 Å². The number of piperidine rings is 1. The highest BCUT2D eigenvalue weighted by Crippen LogP contribution is 2.21. The molecule has 2 aliphatic heterocycles. The Hall–Kier alpha value is -1.72. The number of carbonyl (C=O) groups excluding carboxylic acids is 3. The number of aliphatic carboxylic acids is 1. The van der Waals surface area contributed by atoms with E-state index in [4.69, 9.17) is 0 Å². The first-order valence-corrected chi connectivity index (χ1v) is 9.85. The zero-order chi connectivity index (χ0) is 19.5. The quantitative estimate of drug-likeness (QED) is 0.565. The first-order valence-electron chi connectivity index (χ1n) is 8.52. The topological polar surface area (TPSA) is 142 Å². The zero-order valence-electron chi connectivity index (χ0n) is 14.7. The number of carboxylic acid groups (broad SMARTS) is 1. The van der Waals surface area contributed by atoms with Crippen molar-refractivity contribution in [3.63, 3.8) is 0 Å². The van der Waals surface area contributed by atoms with Crippen molar-refractivity contribution in [2.45, 2.75) is 57.8 Å². The molecule has 0 unspecified atom stereocenters. The SMILES string of the molecule is CC(C)C[C@H](NC(=O)[C@H]1OS(=O)(=O)O[C@@H]1C(=O)[O-])C(=O)N1CCCCC1. The highest BCUT2D eigenvalue weighted by Gasteiger charge is 2.46. The summed E-state index contributed by atoms with van der Waals surface area (Å²) in [7, 11) is -4.61. The summed E-state index contributed by atoms with van der Waals surface area (Å²) in [6, 6.07) is -0.907. The van der Waals surface area contributed by atoms with Crippen LogP contribution < -0.4 is 10.4 Å². The van der Waals surface area contributed by atoms with Crippen molar-refractivity contribution in [3.8, 4) is 0 Å². The Bertz CT molecular complexity index is 657. The van der Waals surface area contributed by atoms with E-state index in [1.165, 1.54) is 0 Å². The minimum Gasteiger partial charge on any atom is -0.547 e. The van der Waals surface area contributed by atoms with E-state index >= 15 is 0 Å². The normalized spacial score (nSPS) is 26.5. The van der Waals surface area contributed by atoms with Gasteiger partial charge in [0.2, 0.25) is 5.91 Å². The summed E-state index contributed by atoms with van der Waals surface area (Å²) in [4.78, 5) is 37.8. The van der Waals surface area contributed by atoms with Crippen molar-refractivity contribution in [3.05, 3.63) is 0 Å². The van der Waals surface area contributed by atoms with Gasteiger partial charge in [0.1, 0.15) is 6.04 Å². The lowest BCUT2D eigenvalue weighted by atomic mass is 10.0. The molecule has 148 valence electrons. The van der Waals surface area contributed by atoms with Gasteiger partial charge in [-0.25, -0.2) is 8.37 Å². The van der Waals surface area contributed by atoms with Crippen LogP contribution in [0.3, 0.4) is 0 Å². The standard InChI is InChI=1S/C15H24N2O8S/c1-9(2)8-10(14(19)17-6-4-3-5-7-17)16-13(18)11-12(15(20)21)25-26(22,23)24-11/h9-12H,3-8H2,1-2H3,(H,16,18)(H,20,21)/p-1/t10-,11-,12-/m0/s1. The highest BCUT2D eigenvalue weighted by atomic mass is 32.3. The van der Waals surface area contributed by atoms with Gasteiger partial charge in [0, 0.05) is 13.1 Å². The maximum atomic E-state index is 12.7. The predicted octanol–water partition coefficient (Wildman–Crippen LogP) is -1.69. The summed E-state index contributed by atoms with van der Waals surface area (Å²) in [5.74, 6) is -3.15. The summed E-state index contributed by atoms with van der Waals surface area (Å²) in [5, 5.41) is 13.4. The van der Waals surface area contributed by atoms with E-state index in [-0.39, 0.29) is 11.8 Å². The molecule has 2 heterocycles. The third kappa shape index (κ3) is 5.15. The molecule has 0 bridgehead atoms. The fourth-order valence-electron chi connectivity index (χ4n) is 3.00. The van der Waals surface area contributed by atoms with E-state index in [9.17, 15) is 27.9 Å². The molecule has 1 N–H and O–H groups in total. The largest absolute Gasteiger partial charge is 0.547 e. The van der Waals surface area contributed by atoms with Crippen molar-refractivity contribution in [2.24, 2.45) is 5.92 Å². The number of carbonyl (C=O) groups is 3. The molecule has 2 fully saturated rings. The van der Waals surface area contributed by atoms with E-state index in [2.05, 4.69) is 13.7 Å². The summed E-state index contributed by atoms with van der Waals surface area (Å²) in [6.07, 6.45) is -0.934. The van der Waals surface area contributed by atoms with Crippen molar-refractivity contribution in [1.29, 1.82) is 0 Å². The van der Waals surface area contributed by atoms with Crippen molar-refractivity contribution in [1.82, 2.24) is 10.2 Å². The minimum atomic E-state index is -4.61. The van der Waals surface area contributed by atoms with Gasteiger partial charge in [0.25, 0.3) is 5.91 Å². The molecule has 0 radical (unpaired) electrons. The van der Waals surface area contributed by atoms with Crippen LogP contribution in [0.4, 0.5) is 0 Å². The van der Waals surface area contributed by atoms with Crippen LogP contribution in [0.2, 0.25) is 0 Å². The fraction of sp³-hybridized carbons (Fsp3) is 0.800. The lowest BCUT2D eigenvalue weighted by Crippen LogP contribution is -2.55. The minimum absolute atomic E-state index is 0.0652. The van der Waals surface area contributed by atoms with Crippen LogP contribution in [-0.4, -0.2) is 62.4 Å². The highest BCUT2D eigenvalue weighted by molar-refractivity contribution is 7.82. The summed E-state index contributed by atoms with van der Waals surface area (Å²) < 4.78 is 31.3. The Morgan fingerprint density at radius 2 is 1.69 bits per heavy atom. The molecule has 0 aromatic carbocycles. The van der Waals surface area contributed by atoms with Gasteiger partial charge in [-0.05, 0) is 31.6 Å². The predicted molar refractivity (Wildman–Crippen MR) is 85.5 cm³/mol. The molecule has 2 saturated heterocycles. The molecule has 3 atom stereocenters. The number of hydrogen-bond acceptors (Lipinski definition) is 8. The third-order valence-electron chi connectivity index (χ3n) is 4.20. The van der Waals surface area contributed by atoms with Crippen LogP contribution in [0.5, 0.6) is 0 Å². The molecule has 26 heavy (non-hydrogen) atoms. The van der Waals surface area contributed by atoms with Crippen molar-refractivity contribution in [2.75, 3.05) is 13.1 Å². The van der Waals surface area contributed by atoms with E-state index in [1.54, 1.807) is 4.90 Å². The van der Waals surface area contributed by atoms with Crippen LogP contribution >= 0.6 is 0 Å². The van der Waals surface area contributed by atoms with E-state index in [0.717, 1.165) is 19.3 Å². The molecule has 0 aromatic heterocycles. The molecular weight excluding hydrogens is 368 g/mol. The molecule has 0 aliphatic carbocycles. The second kappa shape index (κ2) is 8.31. The number of nitrogens with one attached hydrogen (secondary N) is 1. The fourth-order valence-corrected chi connectivity index (χ4v) is 3.92. The van der Waals surface area contributed by atoms with Gasteiger partial charge in [0.05, 0.1) is 5.97 Å². The van der Waals surface area contributed by atoms with Gasteiger partial charge in [-0.2, -0.15) is 8.42 Å². The maximum absolute atomic E-state index is 12.7. The van der Waals surface area contributed by atoms with E-state index < -0.39 is 40.5 Å². The van der Waals surface area contributed by atoms with Crippen LogP contribution in [0.25, 0.3) is 0 Å². The summed E-state index contributed by atoms with van der Waals surface area (Å²) in [6.45, 7) is 4.91. The number of carboxylic acids is 1. The molecule has 11 heteroatoms. The van der Waals surface area contributed by atoms with Gasteiger partial charge in [-0.15, -0.1) is 0 Å². The third-order valence-corrected chi connectivity index (χ3v) is 5.08. The first-order chi connectivity index (χ1) is 12.1. The molecule has 2 rings (SSSR count). The molecule has 2 amide bonds. The smallest absolute Gasteiger partial charge is 0.401 e. The lowest BCUT2D eigenvalue weighted by Gasteiger charge is -2.31. The molecular formula is C15H23N2O8S-. The average Bonchev–Trinajstić information content (AvgIpc) is 2.90. The van der Waals surface area contributed by atoms with Gasteiger partial charge in [-0.1, -0.05) is 13.8 Å². The summed E-state index contributed by atoms with van der Waals surface area (Å²) >= 11 is 0. The Morgan fingerprint density at radius 1 is 1.12 bits per heavy atom. The number of nitrogens with zero attached hydrogens (tertiary/aromatic N) is 1. The molecule has 0 aromatic rings. The first kappa shape index (κ1) is 20.6. The van der Waals surface area contributed by atoms with Crippen LogP contribution in [0, 0.1) is 5.92 Å². The average molecular weight is 391 g/mol. The van der Waals surface area contributed by atoms with Crippen LogP contribution in [0.15, 0.2) is 0 Å². The Kier molecular flexibility index (Phi) is 6.58. The second-order valence-electron chi connectivity index (χ2n) is 6.84. The zero-order valence-corrected chi connectivity index (χ0v) is 15.5. The van der Waals surface area contributed by atoms with Gasteiger partial charge in [0.15, 0.2) is 12.2 Å². The number of likely N-dealkylation sites (tertiary alicyclic amines) is 1.